The summed E-state index contributed by atoms with van der Waals surface area (Å²) in [5.41, 5.74) is 13.9. The second-order valence-corrected chi connectivity index (χ2v) is 14.1. The maximum absolute atomic E-state index is 6.55. The summed E-state index contributed by atoms with van der Waals surface area (Å²) in [6, 6.07) is 58.0. The third-order valence-corrected chi connectivity index (χ3v) is 11.0. The molecule has 0 aliphatic rings. The number of benzene rings is 8. The van der Waals surface area contributed by atoms with E-state index >= 15 is 0 Å². The number of rotatable bonds is 5. The van der Waals surface area contributed by atoms with Gasteiger partial charge in [-0.05, 0) is 100 Å². The van der Waals surface area contributed by atoms with Crippen LogP contribution in [-0.4, -0.2) is 48.4 Å². The Labute approximate surface area is 326 Å². The molecule has 0 saturated heterocycles. The first-order chi connectivity index (χ1) is 26.9. The average molecular weight is 686 g/mol. The van der Waals surface area contributed by atoms with Gasteiger partial charge in [-0.25, -0.2) is 0 Å². The molecule has 0 unspecified atom stereocenters. The standard InChI is InChI=1S/C48H27B5N2/c49-44-43(45(50)47(52)48(53)46(44)51)32-19-24-42-38(27-32)37-26-31(18-23-41(37)54(42)33-11-5-2-6-12-33)30-17-22-40-36(25-30)35-13-7-8-14-39(35)55(40)34-20-15-29(16-21-34)28-9-3-1-4-10-28/h1-27H. The summed E-state index contributed by atoms with van der Waals surface area (Å²) in [7, 11) is 31.8. The Morgan fingerprint density at radius 2 is 0.655 bits per heavy atom. The molecule has 8 aromatic carbocycles. The fourth-order valence-corrected chi connectivity index (χ4v) is 8.24. The van der Waals surface area contributed by atoms with Crippen LogP contribution < -0.4 is 27.3 Å². The highest BCUT2D eigenvalue weighted by Gasteiger charge is 2.18. The molecule has 0 spiro atoms. The predicted octanol–water partition coefficient (Wildman–Crippen LogP) is 6.85. The molecule has 55 heavy (non-hydrogen) atoms. The van der Waals surface area contributed by atoms with Crippen LogP contribution in [0.1, 0.15) is 0 Å². The average Bonchev–Trinajstić information content (AvgIpc) is 3.75. The van der Waals surface area contributed by atoms with Crippen LogP contribution in [0.15, 0.2) is 164 Å². The van der Waals surface area contributed by atoms with Gasteiger partial charge in [0.2, 0.25) is 0 Å². The number of fused-ring (bicyclic) bond motifs is 6. The summed E-state index contributed by atoms with van der Waals surface area (Å²) >= 11 is 0. The number of hydrogen-bond acceptors (Lipinski definition) is 0. The largest absolute Gasteiger partial charge is 0.309 e. The zero-order valence-electron chi connectivity index (χ0n) is 29.9. The van der Waals surface area contributed by atoms with Crippen LogP contribution in [0.25, 0.3) is 88.4 Å². The third kappa shape index (κ3) is 5.25. The molecule has 244 valence electrons. The lowest BCUT2D eigenvalue weighted by Crippen LogP contribution is -2.55. The molecule has 0 bridgehead atoms. The van der Waals surface area contributed by atoms with Crippen LogP contribution in [0.2, 0.25) is 0 Å². The van der Waals surface area contributed by atoms with E-state index in [4.69, 9.17) is 39.2 Å². The second kappa shape index (κ2) is 12.9. The normalized spacial score (nSPS) is 11.6. The molecule has 0 saturated carbocycles. The van der Waals surface area contributed by atoms with E-state index in [0.717, 1.165) is 55.4 Å². The summed E-state index contributed by atoms with van der Waals surface area (Å²) in [5.74, 6) is 0. The lowest BCUT2D eigenvalue weighted by atomic mass is 9.59. The van der Waals surface area contributed by atoms with E-state index in [-0.39, 0.29) is 16.4 Å². The first kappa shape index (κ1) is 33.3. The van der Waals surface area contributed by atoms with Crippen LogP contribution in [-0.2, 0) is 0 Å². The van der Waals surface area contributed by atoms with Crippen molar-refractivity contribution in [1.82, 2.24) is 9.13 Å². The Balaban J connectivity index is 1.15. The summed E-state index contributed by atoms with van der Waals surface area (Å²) in [6.45, 7) is 0. The zero-order valence-corrected chi connectivity index (χ0v) is 29.9. The van der Waals surface area contributed by atoms with Gasteiger partial charge in [0.15, 0.2) is 0 Å². The van der Waals surface area contributed by atoms with Crippen molar-refractivity contribution in [3.63, 3.8) is 0 Å². The zero-order chi connectivity index (χ0) is 37.4. The van der Waals surface area contributed by atoms with Crippen molar-refractivity contribution < 1.29 is 0 Å². The minimum Gasteiger partial charge on any atom is -0.309 e. The fourth-order valence-electron chi connectivity index (χ4n) is 8.24. The number of nitrogens with zero attached hydrogens (tertiary/aromatic N) is 2. The Kier molecular flexibility index (Phi) is 7.82. The van der Waals surface area contributed by atoms with Crippen molar-refractivity contribution in [3.05, 3.63) is 164 Å². The molecule has 0 fully saturated rings. The Bertz CT molecular complexity index is 3100. The second-order valence-electron chi connectivity index (χ2n) is 14.1. The first-order valence-corrected chi connectivity index (χ1v) is 18.2. The molecule has 0 amide bonds. The highest BCUT2D eigenvalue weighted by molar-refractivity contribution is 6.68. The SMILES string of the molecule is [B]c1c([B])c([B])c(-c2ccc3c(c2)c2cc(-c4ccc5c(c4)c4ccccc4n5-c4ccc(-c5ccccc5)cc4)ccc2n3-c2ccccc2)c([B])c1[B]. The molecule has 2 nitrogen and oxygen atoms in total. The molecular weight excluding hydrogens is 659 g/mol. The maximum atomic E-state index is 6.55. The summed E-state index contributed by atoms with van der Waals surface area (Å²) in [5, 5.41) is 4.53. The van der Waals surface area contributed by atoms with Crippen LogP contribution in [0, 0.1) is 0 Å². The van der Waals surface area contributed by atoms with Gasteiger partial charge in [-0.1, -0.05) is 108 Å². The molecule has 0 atom stereocenters. The van der Waals surface area contributed by atoms with Crippen molar-refractivity contribution >= 4 is 110 Å². The van der Waals surface area contributed by atoms with Gasteiger partial charge < -0.3 is 9.13 Å². The molecule has 7 heteroatoms. The van der Waals surface area contributed by atoms with E-state index in [9.17, 15) is 0 Å². The van der Waals surface area contributed by atoms with Crippen molar-refractivity contribution in [2.24, 2.45) is 0 Å². The molecule has 0 aliphatic heterocycles. The Morgan fingerprint density at radius 3 is 1.24 bits per heavy atom. The van der Waals surface area contributed by atoms with E-state index in [1.165, 1.54) is 27.4 Å². The lowest BCUT2D eigenvalue weighted by Gasteiger charge is -2.21. The van der Waals surface area contributed by atoms with E-state index < -0.39 is 0 Å². The Morgan fingerprint density at radius 1 is 0.273 bits per heavy atom. The summed E-state index contributed by atoms with van der Waals surface area (Å²) < 4.78 is 4.64. The summed E-state index contributed by atoms with van der Waals surface area (Å²) in [4.78, 5) is 0. The maximum Gasteiger partial charge on any atom is 0.113 e. The molecule has 10 radical (unpaired) electrons. The minimum atomic E-state index is 0.200. The lowest BCUT2D eigenvalue weighted by molar-refractivity contribution is 1.18. The number of aromatic nitrogens is 2. The fraction of sp³-hybridized carbons (Fsp3) is 0. The van der Waals surface area contributed by atoms with Crippen molar-refractivity contribution in [2.45, 2.75) is 0 Å². The van der Waals surface area contributed by atoms with Crippen molar-refractivity contribution in [3.8, 4) is 44.8 Å². The Hall–Kier alpha value is -6.32. The van der Waals surface area contributed by atoms with E-state index in [1.807, 2.05) is 18.2 Å². The topological polar surface area (TPSA) is 9.86 Å². The van der Waals surface area contributed by atoms with E-state index in [0.29, 0.717) is 16.5 Å². The quantitative estimate of drug-likeness (QED) is 0.176. The third-order valence-electron chi connectivity index (χ3n) is 11.0. The van der Waals surface area contributed by atoms with Crippen LogP contribution in [0.4, 0.5) is 0 Å². The van der Waals surface area contributed by atoms with Gasteiger partial charge in [-0.3, -0.25) is 0 Å². The predicted molar refractivity (Wildman–Crippen MR) is 238 cm³/mol. The van der Waals surface area contributed by atoms with Gasteiger partial charge in [0.25, 0.3) is 0 Å². The van der Waals surface area contributed by atoms with Gasteiger partial charge in [-0.2, -0.15) is 0 Å². The molecule has 10 rings (SSSR count). The van der Waals surface area contributed by atoms with Crippen molar-refractivity contribution in [1.29, 1.82) is 0 Å². The molecule has 2 heterocycles. The van der Waals surface area contributed by atoms with Crippen LogP contribution >= 0.6 is 0 Å². The molecule has 0 aliphatic carbocycles. The van der Waals surface area contributed by atoms with Gasteiger partial charge in [0.05, 0.1) is 22.1 Å². The number of para-hydroxylation sites is 2. The molecule has 0 N–H and O–H groups in total. The monoisotopic (exact) mass is 686 g/mol. The van der Waals surface area contributed by atoms with Crippen LogP contribution in [0.3, 0.4) is 0 Å². The molecule has 10 aromatic rings. The molecule has 2 aromatic heterocycles. The van der Waals surface area contributed by atoms with Crippen LogP contribution in [0.5, 0.6) is 0 Å². The van der Waals surface area contributed by atoms with Gasteiger partial charge >= 0.3 is 0 Å². The summed E-state index contributed by atoms with van der Waals surface area (Å²) in [6.07, 6.45) is 0. The van der Waals surface area contributed by atoms with Crippen molar-refractivity contribution in [2.75, 3.05) is 0 Å². The highest BCUT2D eigenvalue weighted by atomic mass is 15.0. The highest BCUT2D eigenvalue weighted by Crippen LogP contribution is 2.39. The number of hydrogen-bond donors (Lipinski definition) is 0. The first-order valence-electron chi connectivity index (χ1n) is 18.2. The van der Waals surface area contributed by atoms with E-state index in [2.05, 4.69) is 155 Å². The van der Waals surface area contributed by atoms with E-state index in [1.54, 1.807) is 0 Å². The smallest absolute Gasteiger partial charge is 0.113 e. The van der Waals surface area contributed by atoms with Gasteiger partial charge in [-0.15, -0.1) is 16.4 Å². The minimum absolute atomic E-state index is 0.200. The molecular formula is C48H27B5N2. The van der Waals surface area contributed by atoms with Gasteiger partial charge in [0, 0.05) is 32.9 Å². The van der Waals surface area contributed by atoms with Gasteiger partial charge in [0.1, 0.15) is 39.2 Å².